The summed E-state index contributed by atoms with van der Waals surface area (Å²) in [5.74, 6) is 0. The van der Waals surface area contributed by atoms with Gasteiger partial charge in [0.05, 0.1) is 6.61 Å². The third kappa shape index (κ3) is 1.88. The number of urea groups is 1. The zero-order chi connectivity index (χ0) is 8.39. The van der Waals surface area contributed by atoms with Crippen molar-refractivity contribution in [2.75, 3.05) is 19.9 Å². The molecule has 68 valence electrons. The second-order valence-electron chi connectivity index (χ2n) is 3.38. The van der Waals surface area contributed by atoms with Crippen LogP contribution in [0.25, 0.3) is 0 Å². The molecule has 0 spiro atoms. The largest absolute Gasteiger partial charge is 0.361 e. The minimum absolute atomic E-state index is 0.0391. The van der Waals surface area contributed by atoms with Crippen molar-refractivity contribution in [2.45, 2.75) is 25.3 Å². The molecule has 0 aromatic carbocycles. The van der Waals surface area contributed by atoms with Gasteiger partial charge in [-0.2, -0.15) is 0 Å². The molecule has 2 aliphatic rings. The summed E-state index contributed by atoms with van der Waals surface area (Å²) >= 11 is 0. The van der Waals surface area contributed by atoms with Crippen LogP contribution < -0.4 is 5.32 Å². The van der Waals surface area contributed by atoms with E-state index in [2.05, 4.69) is 5.32 Å². The van der Waals surface area contributed by atoms with Gasteiger partial charge in [-0.05, 0) is 19.3 Å². The van der Waals surface area contributed by atoms with Crippen LogP contribution in [0.5, 0.6) is 0 Å². The summed E-state index contributed by atoms with van der Waals surface area (Å²) in [5.41, 5.74) is 0. The fraction of sp³-hybridized carbons (Fsp3) is 0.875. The van der Waals surface area contributed by atoms with E-state index in [9.17, 15) is 4.79 Å². The summed E-state index contributed by atoms with van der Waals surface area (Å²) in [7, 11) is 0. The van der Waals surface area contributed by atoms with Crippen LogP contribution in [0.3, 0.4) is 0 Å². The maximum atomic E-state index is 11.4. The van der Waals surface area contributed by atoms with E-state index in [1.165, 1.54) is 0 Å². The number of nitrogens with one attached hydrogen (secondary N) is 1. The molecule has 12 heavy (non-hydrogen) atoms. The Morgan fingerprint density at radius 1 is 1.50 bits per heavy atom. The fourth-order valence-electron chi connectivity index (χ4n) is 1.25. The number of nitrogens with zero attached hydrogens (tertiary/aromatic N) is 1. The van der Waals surface area contributed by atoms with Gasteiger partial charge >= 0.3 is 6.03 Å². The molecule has 1 heterocycles. The Balaban J connectivity index is 1.76. The number of amides is 2. The van der Waals surface area contributed by atoms with Crippen molar-refractivity contribution >= 4 is 6.03 Å². The predicted octanol–water partition coefficient (Wildman–Crippen LogP) is 0.538. The van der Waals surface area contributed by atoms with Crippen molar-refractivity contribution in [2.24, 2.45) is 0 Å². The first-order valence-electron chi connectivity index (χ1n) is 4.49. The first kappa shape index (κ1) is 7.86. The summed E-state index contributed by atoms with van der Waals surface area (Å²) in [5, 5.41) is 2.93. The average Bonchev–Trinajstić information content (AvgIpc) is 2.90. The van der Waals surface area contributed by atoms with Crippen molar-refractivity contribution in [3.05, 3.63) is 0 Å². The smallest absolute Gasteiger partial charge is 0.319 e. The summed E-state index contributed by atoms with van der Waals surface area (Å²) in [6.45, 7) is 2.07. The summed E-state index contributed by atoms with van der Waals surface area (Å²) in [6, 6.07) is 0.483. The lowest BCUT2D eigenvalue weighted by Crippen LogP contribution is -2.45. The molecule has 1 saturated heterocycles. The number of hydrogen-bond donors (Lipinski definition) is 1. The lowest BCUT2D eigenvalue weighted by Gasteiger charge is -2.26. The topological polar surface area (TPSA) is 41.6 Å². The third-order valence-corrected chi connectivity index (χ3v) is 2.16. The SMILES string of the molecule is O=C(NC1CC1)N1CCCOC1. The Hall–Kier alpha value is -0.770. The molecule has 1 aliphatic carbocycles. The normalized spacial score (nSPS) is 23.8. The molecule has 0 aromatic rings. The van der Waals surface area contributed by atoms with Gasteiger partial charge in [-0.25, -0.2) is 4.79 Å². The molecule has 1 saturated carbocycles. The Morgan fingerprint density at radius 2 is 2.33 bits per heavy atom. The van der Waals surface area contributed by atoms with E-state index in [0.717, 1.165) is 32.4 Å². The highest BCUT2D eigenvalue weighted by molar-refractivity contribution is 5.74. The first-order valence-corrected chi connectivity index (χ1v) is 4.49. The quantitative estimate of drug-likeness (QED) is 0.624. The Bertz CT molecular complexity index is 174. The molecule has 1 N–H and O–H groups in total. The monoisotopic (exact) mass is 170 g/mol. The zero-order valence-corrected chi connectivity index (χ0v) is 7.08. The molecule has 4 nitrogen and oxygen atoms in total. The highest BCUT2D eigenvalue weighted by Crippen LogP contribution is 2.19. The molecule has 1 aliphatic heterocycles. The van der Waals surface area contributed by atoms with Crippen LogP contribution in [-0.4, -0.2) is 36.9 Å². The highest BCUT2D eigenvalue weighted by atomic mass is 16.5. The minimum atomic E-state index is 0.0391. The Morgan fingerprint density at radius 3 is 2.92 bits per heavy atom. The van der Waals surface area contributed by atoms with Crippen LogP contribution >= 0.6 is 0 Å². The molecule has 0 radical (unpaired) electrons. The van der Waals surface area contributed by atoms with E-state index in [4.69, 9.17) is 4.74 Å². The van der Waals surface area contributed by atoms with E-state index >= 15 is 0 Å². The summed E-state index contributed by atoms with van der Waals surface area (Å²) in [4.78, 5) is 13.1. The zero-order valence-electron chi connectivity index (χ0n) is 7.08. The molecule has 2 rings (SSSR count). The summed E-state index contributed by atoms with van der Waals surface area (Å²) in [6.07, 6.45) is 3.24. The van der Waals surface area contributed by atoms with Crippen molar-refractivity contribution < 1.29 is 9.53 Å². The van der Waals surface area contributed by atoms with E-state index in [0.29, 0.717) is 12.8 Å². The van der Waals surface area contributed by atoms with Gasteiger partial charge in [-0.1, -0.05) is 0 Å². The Labute approximate surface area is 71.9 Å². The molecule has 0 bridgehead atoms. The van der Waals surface area contributed by atoms with Gasteiger partial charge in [0.1, 0.15) is 6.73 Å². The van der Waals surface area contributed by atoms with Crippen LogP contribution in [0.4, 0.5) is 4.79 Å². The van der Waals surface area contributed by atoms with Gasteiger partial charge in [-0.15, -0.1) is 0 Å². The predicted molar refractivity (Wildman–Crippen MR) is 43.7 cm³/mol. The molecular formula is C8H14N2O2. The average molecular weight is 170 g/mol. The molecule has 0 atom stereocenters. The molecule has 2 fully saturated rings. The minimum Gasteiger partial charge on any atom is -0.361 e. The molecule has 0 unspecified atom stereocenters. The molecule has 4 heteroatoms. The number of carbonyl (C=O) groups excluding carboxylic acids is 1. The standard InChI is InChI=1S/C8H14N2O2/c11-8(9-7-2-3-7)10-4-1-5-12-6-10/h7H,1-6H2,(H,9,11). The lowest BCUT2D eigenvalue weighted by atomic mass is 10.4. The van der Waals surface area contributed by atoms with Gasteiger partial charge in [0.25, 0.3) is 0 Å². The van der Waals surface area contributed by atoms with Crippen molar-refractivity contribution in [1.29, 1.82) is 0 Å². The second-order valence-corrected chi connectivity index (χ2v) is 3.38. The van der Waals surface area contributed by atoms with Crippen molar-refractivity contribution in [3.8, 4) is 0 Å². The van der Waals surface area contributed by atoms with Crippen LogP contribution in [0.2, 0.25) is 0 Å². The van der Waals surface area contributed by atoms with E-state index in [1.807, 2.05) is 0 Å². The van der Waals surface area contributed by atoms with Gasteiger partial charge in [0.2, 0.25) is 0 Å². The molecular weight excluding hydrogens is 156 g/mol. The second kappa shape index (κ2) is 3.31. The maximum Gasteiger partial charge on any atom is 0.319 e. The molecule has 2 amide bonds. The first-order chi connectivity index (χ1) is 5.86. The summed E-state index contributed by atoms with van der Waals surface area (Å²) < 4.78 is 5.17. The maximum absolute atomic E-state index is 11.4. The van der Waals surface area contributed by atoms with E-state index in [-0.39, 0.29) is 6.03 Å². The molecule has 0 aromatic heterocycles. The van der Waals surface area contributed by atoms with Crippen LogP contribution in [0.1, 0.15) is 19.3 Å². The van der Waals surface area contributed by atoms with E-state index < -0.39 is 0 Å². The number of hydrogen-bond acceptors (Lipinski definition) is 2. The van der Waals surface area contributed by atoms with Gasteiger partial charge in [0.15, 0.2) is 0 Å². The number of ether oxygens (including phenoxy) is 1. The highest BCUT2D eigenvalue weighted by Gasteiger charge is 2.26. The van der Waals surface area contributed by atoms with Gasteiger partial charge in [0, 0.05) is 12.6 Å². The van der Waals surface area contributed by atoms with Crippen LogP contribution in [-0.2, 0) is 4.74 Å². The number of rotatable bonds is 1. The van der Waals surface area contributed by atoms with Gasteiger partial charge < -0.3 is 15.0 Å². The number of carbonyl (C=O) groups is 1. The third-order valence-electron chi connectivity index (χ3n) is 2.16. The Kier molecular flexibility index (Phi) is 2.17. The van der Waals surface area contributed by atoms with Crippen molar-refractivity contribution in [1.82, 2.24) is 10.2 Å². The van der Waals surface area contributed by atoms with Gasteiger partial charge in [-0.3, -0.25) is 0 Å². The van der Waals surface area contributed by atoms with Crippen molar-refractivity contribution in [3.63, 3.8) is 0 Å². The van der Waals surface area contributed by atoms with Crippen LogP contribution in [0.15, 0.2) is 0 Å². The van der Waals surface area contributed by atoms with Crippen LogP contribution in [0, 0.1) is 0 Å². The van der Waals surface area contributed by atoms with E-state index in [1.54, 1.807) is 4.90 Å². The lowest BCUT2D eigenvalue weighted by molar-refractivity contribution is 0.00873. The fourth-order valence-corrected chi connectivity index (χ4v) is 1.25.